The van der Waals surface area contributed by atoms with E-state index in [1.807, 2.05) is 0 Å². The summed E-state index contributed by atoms with van der Waals surface area (Å²) in [6, 6.07) is 13.1. The predicted molar refractivity (Wildman–Crippen MR) is 114 cm³/mol. The Labute approximate surface area is 187 Å². The molecule has 9 nitrogen and oxygen atoms in total. The Balaban J connectivity index is 1.34. The fourth-order valence-electron chi connectivity index (χ4n) is 2.81. The summed E-state index contributed by atoms with van der Waals surface area (Å²) in [5, 5.41) is 11.1. The van der Waals surface area contributed by atoms with E-state index in [4.69, 9.17) is 21.1 Å². The Morgan fingerprint density at radius 2 is 1.88 bits per heavy atom. The second-order valence-corrected chi connectivity index (χ2v) is 7.02. The zero-order valence-corrected chi connectivity index (χ0v) is 17.7. The molecule has 0 fully saturated rings. The highest BCUT2D eigenvalue weighted by atomic mass is 35.5. The summed E-state index contributed by atoms with van der Waals surface area (Å²) in [6.45, 7) is 0.196. The van der Waals surface area contributed by atoms with E-state index < -0.39 is 11.7 Å². The maximum absolute atomic E-state index is 13.9. The van der Waals surface area contributed by atoms with Gasteiger partial charge in [-0.2, -0.15) is 5.10 Å². The average molecular weight is 457 g/mol. The number of halogens is 2. The van der Waals surface area contributed by atoms with Crippen LogP contribution >= 0.6 is 11.6 Å². The highest BCUT2D eigenvalue weighted by Crippen LogP contribution is 2.20. The molecule has 1 amide bonds. The van der Waals surface area contributed by atoms with Gasteiger partial charge in [0, 0.05) is 16.8 Å². The van der Waals surface area contributed by atoms with Gasteiger partial charge in [-0.05, 0) is 42.5 Å². The summed E-state index contributed by atoms with van der Waals surface area (Å²) in [7, 11) is 1.59. The number of nitrogens with zero attached hydrogens (tertiary/aromatic N) is 5. The van der Waals surface area contributed by atoms with Gasteiger partial charge in [0.25, 0.3) is 5.91 Å². The Kier molecular flexibility index (Phi) is 6.31. The molecule has 0 aliphatic heterocycles. The van der Waals surface area contributed by atoms with E-state index in [-0.39, 0.29) is 35.5 Å². The third kappa shape index (κ3) is 5.03. The zero-order chi connectivity index (χ0) is 22.5. The summed E-state index contributed by atoms with van der Waals surface area (Å²) in [5.41, 5.74) is 0.448. The van der Waals surface area contributed by atoms with Gasteiger partial charge in [0.1, 0.15) is 23.6 Å². The Bertz CT molecular complexity index is 1200. The second kappa shape index (κ2) is 9.48. The molecule has 0 radical (unpaired) electrons. The molecule has 32 heavy (non-hydrogen) atoms. The molecule has 4 rings (SSSR count). The topological polar surface area (TPSA) is 96.1 Å². The van der Waals surface area contributed by atoms with Crippen molar-refractivity contribution in [2.24, 2.45) is 0 Å². The van der Waals surface area contributed by atoms with E-state index in [2.05, 4.69) is 20.5 Å². The van der Waals surface area contributed by atoms with Crippen LogP contribution in [0, 0.1) is 5.82 Å². The highest BCUT2D eigenvalue weighted by Gasteiger charge is 2.14. The molecule has 0 aliphatic rings. The largest absolute Gasteiger partial charge is 0.497 e. The standard InChI is InChI=1S/C21H18ClFN6O3/c1-31-14-5-7-15(8-6-14)32-13-28-10-9-19(26-28)20(30)25-21-24-12-29(27-21)11-16-17(22)3-2-4-18(16)23/h2-10,12H,11,13H2,1H3,(H,25,27,30). The molecule has 0 aliphatic carbocycles. The Morgan fingerprint density at radius 3 is 2.62 bits per heavy atom. The fourth-order valence-corrected chi connectivity index (χ4v) is 3.03. The van der Waals surface area contributed by atoms with Crippen LogP contribution in [-0.2, 0) is 13.3 Å². The zero-order valence-electron chi connectivity index (χ0n) is 16.9. The van der Waals surface area contributed by atoms with Crippen LogP contribution in [0.5, 0.6) is 11.5 Å². The first-order valence-corrected chi connectivity index (χ1v) is 9.83. The molecule has 2 aromatic heterocycles. The molecular formula is C21H18ClFN6O3. The van der Waals surface area contributed by atoms with Crippen molar-refractivity contribution in [2.45, 2.75) is 13.3 Å². The predicted octanol–water partition coefficient (Wildman–Crippen LogP) is 3.61. The maximum Gasteiger partial charge on any atom is 0.278 e. The highest BCUT2D eigenvalue weighted by molar-refractivity contribution is 6.31. The number of nitrogens with one attached hydrogen (secondary N) is 1. The number of hydrogen-bond acceptors (Lipinski definition) is 6. The first-order valence-electron chi connectivity index (χ1n) is 9.46. The lowest BCUT2D eigenvalue weighted by atomic mass is 10.2. The second-order valence-electron chi connectivity index (χ2n) is 6.61. The monoisotopic (exact) mass is 456 g/mol. The van der Waals surface area contributed by atoms with Crippen molar-refractivity contribution in [3.8, 4) is 11.5 Å². The summed E-state index contributed by atoms with van der Waals surface area (Å²) in [5.74, 6) is 0.489. The number of amides is 1. The van der Waals surface area contributed by atoms with E-state index in [0.717, 1.165) is 5.75 Å². The number of anilines is 1. The van der Waals surface area contributed by atoms with E-state index in [0.29, 0.717) is 5.75 Å². The van der Waals surface area contributed by atoms with E-state index in [9.17, 15) is 9.18 Å². The van der Waals surface area contributed by atoms with Gasteiger partial charge in [-0.3, -0.25) is 10.1 Å². The number of methoxy groups -OCH3 is 1. The summed E-state index contributed by atoms with van der Waals surface area (Å²) < 4.78 is 27.5. The minimum Gasteiger partial charge on any atom is -0.497 e. The SMILES string of the molecule is COc1ccc(OCn2ccc(C(=O)Nc3ncn(Cc4c(F)cccc4Cl)n3)n2)cc1. The van der Waals surface area contributed by atoms with Gasteiger partial charge in [0.2, 0.25) is 5.95 Å². The number of carbonyl (C=O) groups excluding carboxylic acids is 1. The number of rotatable bonds is 8. The van der Waals surface area contributed by atoms with Gasteiger partial charge in [-0.25, -0.2) is 18.7 Å². The van der Waals surface area contributed by atoms with Crippen molar-refractivity contribution in [3.63, 3.8) is 0 Å². The van der Waals surface area contributed by atoms with Crippen molar-refractivity contribution in [2.75, 3.05) is 12.4 Å². The van der Waals surface area contributed by atoms with Gasteiger partial charge < -0.3 is 9.47 Å². The minimum atomic E-state index is -0.491. The molecule has 0 saturated carbocycles. The lowest BCUT2D eigenvalue weighted by Gasteiger charge is -2.07. The summed E-state index contributed by atoms with van der Waals surface area (Å²) in [4.78, 5) is 16.5. The summed E-state index contributed by atoms with van der Waals surface area (Å²) in [6.07, 6.45) is 2.99. The average Bonchev–Trinajstić information content (AvgIpc) is 3.45. The molecule has 0 spiro atoms. The number of benzene rings is 2. The van der Waals surface area contributed by atoms with E-state index in [1.165, 1.54) is 27.8 Å². The molecule has 164 valence electrons. The first kappa shape index (κ1) is 21.3. The fraction of sp³-hybridized carbons (Fsp3) is 0.143. The lowest BCUT2D eigenvalue weighted by Crippen LogP contribution is -2.15. The number of ether oxygens (including phenoxy) is 2. The molecular weight excluding hydrogens is 439 g/mol. The third-order valence-electron chi connectivity index (χ3n) is 4.44. The molecule has 0 atom stereocenters. The minimum absolute atomic E-state index is 0.0616. The van der Waals surface area contributed by atoms with Crippen molar-refractivity contribution in [3.05, 3.63) is 83.2 Å². The first-order chi connectivity index (χ1) is 15.5. The normalized spacial score (nSPS) is 10.7. The molecule has 0 unspecified atom stereocenters. The van der Waals surface area contributed by atoms with Gasteiger partial charge in [0.05, 0.1) is 13.7 Å². The maximum atomic E-state index is 13.9. The smallest absolute Gasteiger partial charge is 0.278 e. The number of aromatic nitrogens is 5. The molecule has 0 bridgehead atoms. The van der Waals surface area contributed by atoms with E-state index >= 15 is 0 Å². The number of hydrogen-bond donors (Lipinski definition) is 1. The van der Waals surface area contributed by atoms with Crippen LogP contribution in [0.3, 0.4) is 0 Å². The van der Waals surface area contributed by atoms with Gasteiger partial charge >= 0.3 is 0 Å². The quantitative estimate of drug-likeness (QED) is 0.435. The van der Waals surface area contributed by atoms with Gasteiger partial charge in [0.15, 0.2) is 12.4 Å². The molecule has 11 heteroatoms. The molecule has 4 aromatic rings. The van der Waals surface area contributed by atoms with Gasteiger partial charge in [-0.1, -0.05) is 17.7 Å². The van der Waals surface area contributed by atoms with Crippen LogP contribution < -0.4 is 14.8 Å². The molecule has 2 heterocycles. The number of carbonyl (C=O) groups is 1. The molecule has 0 saturated heterocycles. The lowest BCUT2D eigenvalue weighted by molar-refractivity contribution is 0.101. The van der Waals surface area contributed by atoms with Crippen molar-refractivity contribution < 1.29 is 18.7 Å². The third-order valence-corrected chi connectivity index (χ3v) is 4.79. The molecule has 1 N–H and O–H groups in total. The van der Waals surface area contributed by atoms with Crippen LogP contribution in [0.4, 0.5) is 10.3 Å². The van der Waals surface area contributed by atoms with Crippen LogP contribution in [0.1, 0.15) is 16.1 Å². The Morgan fingerprint density at radius 1 is 1.09 bits per heavy atom. The van der Waals surface area contributed by atoms with Crippen LogP contribution in [0.15, 0.2) is 61.1 Å². The Hall–Kier alpha value is -3.92. The van der Waals surface area contributed by atoms with Gasteiger partial charge in [-0.15, -0.1) is 5.10 Å². The van der Waals surface area contributed by atoms with Crippen molar-refractivity contribution in [1.82, 2.24) is 24.5 Å². The van der Waals surface area contributed by atoms with Crippen LogP contribution in [0.2, 0.25) is 5.02 Å². The van der Waals surface area contributed by atoms with Crippen LogP contribution in [-0.4, -0.2) is 37.6 Å². The van der Waals surface area contributed by atoms with E-state index in [1.54, 1.807) is 49.7 Å². The molecule has 2 aromatic carbocycles. The van der Waals surface area contributed by atoms with Crippen LogP contribution in [0.25, 0.3) is 0 Å². The summed E-state index contributed by atoms with van der Waals surface area (Å²) >= 11 is 6.03. The van der Waals surface area contributed by atoms with Crippen molar-refractivity contribution >= 4 is 23.5 Å². The van der Waals surface area contributed by atoms with Crippen molar-refractivity contribution in [1.29, 1.82) is 0 Å².